The van der Waals surface area contributed by atoms with Gasteiger partial charge in [-0.3, -0.25) is 4.79 Å². The summed E-state index contributed by atoms with van der Waals surface area (Å²) in [6.07, 6.45) is 2.43. The molecular weight excluding hydrogens is 255 g/mol. The highest BCUT2D eigenvalue weighted by atomic mass is 19.1. The van der Waals surface area contributed by atoms with Crippen molar-refractivity contribution in [3.8, 4) is 0 Å². The van der Waals surface area contributed by atoms with Crippen molar-refractivity contribution in [2.24, 2.45) is 5.41 Å². The molecule has 1 fully saturated rings. The normalized spacial score (nSPS) is 21.4. The third-order valence-electron chi connectivity index (χ3n) is 4.14. The van der Waals surface area contributed by atoms with Crippen molar-refractivity contribution in [2.45, 2.75) is 39.2 Å². The number of benzene rings is 1. The average Bonchev–Trinajstić information content (AvgIpc) is 2.40. The minimum Gasteiger partial charge on any atom is -0.354 e. The van der Waals surface area contributed by atoms with E-state index in [0.717, 1.165) is 13.0 Å². The Morgan fingerprint density at radius 1 is 1.45 bits per heavy atom. The highest BCUT2D eigenvalue weighted by Gasteiger charge is 2.31. The summed E-state index contributed by atoms with van der Waals surface area (Å²) in [5.41, 5.74) is 0.629. The molecule has 2 rings (SSSR count). The minimum atomic E-state index is -0.321. The molecule has 20 heavy (non-hydrogen) atoms. The Labute approximate surface area is 120 Å². The van der Waals surface area contributed by atoms with Gasteiger partial charge in [0, 0.05) is 12.6 Å². The quantitative estimate of drug-likeness (QED) is 0.887. The zero-order chi connectivity index (χ0) is 14.6. The van der Waals surface area contributed by atoms with Gasteiger partial charge in [-0.1, -0.05) is 32.0 Å². The molecule has 1 unspecified atom stereocenters. The summed E-state index contributed by atoms with van der Waals surface area (Å²) in [5.74, 6) is -0.447. The number of hydrogen-bond acceptors (Lipinski definition) is 2. The molecular formula is C16H23FN2O. The summed E-state index contributed by atoms with van der Waals surface area (Å²) in [4.78, 5) is 11.9. The van der Waals surface area contributed by atoms with Crippen LogP contribution in [0.25, 0.3) is 0 Å². The lowest BCUT2D eigenvalue weighted by Gasteiger charge is -2.39. The Balaban J connectivity index is 1.85. The number of piperidine rings is 1. The Morgan fingerprint density at radius 3 is 2.90 bits per heavy atom. The van der Waals surface area contributed by atoms with Crippen molar-refractivity contribution in [3.05, 3.63) is 35.6 Å². The second kappa shape index (κ2) is 6.35. The van der Waals surface area contributed by atoms with Crippen LogP contribution in [-0.4, -0.2) is 25.0 Å². The van der Waals surface area contributed by atoms with E-state index >= 15 is 0 Å². The van der Waals surface area contributed by atoms with Crippen LogP contribution in [0.5, 0.6) is 0 Å². The smallest absolute Gasteiger partial charge is 0.224 e. The van der Waals surface area contributed by atoms with E-state index in [9.17, 15) is 9.18 Å². The SMILES string of the molecule is CC1(C)CCCNC1CNC(=O)Cc1ccccc1F. The molecule has 0 aliphatic carbocycles. The maximum atomic E-state index is 13.5. The Hall–Kier alpha value is -1.42. The summed E-state index contributed by atoms with van der Waals surface area (Å²) in [5, 5.41) is 6.37. The van der Waals surface area contributed by atoms with E-state index in [-0.39, 0.29) is 29.6 Å². The van der Waals surface area contributed by atoms with Crippen molar-refractivity contribution in [3.63, 3.8) is 0 Å². The van der Waals surface area contributed by atoms with E-state index in [2.05, 4.69) is 24.5 Å². The lowest BCUT2D eigenvalue weighted by molar-refractivity contribution is -0.120. The van der Waals surface area contributed by atoms with Crippen LogP contribution in [0.4, 0.5) is 4.39 Å². The van der Waals surface area contributed by atoms with Crippen molar-refractivity contribution in [2.75, 3.05) is 13.1 Å². The topological polar surface area (TPSA) is 41.1 Å². The van der Waals surface area contributed by atoms with E-state index in [0.29, 0.717) is 12.1 Å². The molecule has 1 amide bonds. The van der Waals surface area contributed by atoms with Crippen molar-refractivity contribution < 1.29 is 9.18 Å². The van der Waals surface area contributed by atoms with E-state index in [4.69, 9.17) is 0 Å². The fourth-order valence-corrected chi connectivity index (χ4v) is 2.71. The molecule has 1 heterocycles. The second-order valence-corrected chi connectivity index (χ2v) is 6.17. The first-order chi connectivity index (χ1) is 9.49. The summed E-state index contributed by atoms with van der Waals surface area (Å²) >= 11 is 0. The zero-order valence-corrected chi connectivity index (χ0v) is 12.2. The standard InChI is InChI=1S/C16H23FN2O/c1-16(2)8-5-9-18-14(16)11-19-15(20)10-12-6-3-4-7-13(12)17/h3-4,6-7,14,18H,5,8-11H2,1-2H3,(H,19,20). The molecule has 0 radical (unpaired) electrons. The third-order valence-corrected chi connectivity index (χ3v) is 4.14. The van der Waals surface area contributed by atoms with E-state index in [1.807, 2.05) is 0 Å². The molecule has 110 valence electrons. The zero-order valence-electron chi connectivity index (χ0n) is 12.2. The molecule has 0 spiro atoms. The molecule has 1 aliphatic heterocycles. The molecule has 2 N–H and O–H groups in total. The van der Waals surface area contributed by atoms with Gasteiger partial charge in [0.25, 0.3) is 0 Å². The van der Waals surface area contributed by atoms with Gasteiger partial charge in [0.15, 0.2) is 0 Å². The monoisotopic (exact) mass is 278 g/mol. The highest BCUT2D eigenvalue weighted by Crippen LogP contribution is 2.29. The summed E-state index contributed by atoms with van der Waals surface area (Å²) in [6, 6.07) is 6.69. The number of carbonyl (C=O) groups excluding carboxylic acids is 1. The first-order valence-corrected chi connectivity index (χ1v) is 7.22. The highest BCUT2D eigenvalue weighted by molar-refractivity contribution is 5.78. The summed E-state index contributed by atoms with van der Waals surface area (Å²) in [7, 11) is 0. The fourth-order valence-electron chi connectivity index (χ4n) is 2.71. The number of rotatable bonds is 4. The lowest BCUT2D eigenvalue weighted by atomic mass is 9.77. The maximum Gasteiger partial charge on any atom is 0.224 e. The van der Waals surface area contributed by atoms with Gasteiger partial charge >= 0.3 is 0 Å². The molecule has 3 nitrogen and oxygen atoms in total. The molecule has 0 bridgehead atoms. The van der Waals surface area contributed by atoms with Crippen LogP contribution in [-0.2, 0) is 11.2 Å². The Bertz CT molecular complexity index is 473. The number of hydrogen-bond donors (Lipinski definition) is 2. The van der Waals surface area contributed by atoms with Gasteiger partial charge in [-0.2, -0.15) is 0 Å². The van der Waals surface area contributed by atoms with Crippen LogP contribution in [0.15, 0.2) is 24.3 Å². The van der Waals surface area contributed by atoms with Crippen LogP contribution < -0.4 is 10.6 Å². The molecule has 1 aromatic carbocycles. The number of halogens is 1. The third kappa shape index (κ3) is 3.79. The minimum absolute atomic E-state index is 0.0970. The van der Waals surface area contributed by atoms with Crippen LogP contribution >= 0.6 is 0 Å². The maximum absolute atomic E-state index is 13.5. The van der Waals surface area contributed by atoms with Crippen LogP contribution in [0.3, 0.4) is 0 Å². The Morgan fingerprint density at radius 2 is 2.20 bits per heavy atom. The molecule has 1 saturated heterocycles. The first kappa shape index (κ1) is 15.0. The van der Waals surface area contributed by atoms with Crippen LogP contribution in [0.1, 0.15) is 32.3 Å². The van der Waals surface area contributed by atoms with Crippen LogP contribution in [0.2, 0.25) is 0 Å². The lowest BCUT2D eigenvalue weighted by Crippen LogP contribution is -2.53. The van der Waals surface area contributed by atoms with E-state index in [1.165, 1.54) is 12.5 Å². The Kier molecular flexibility index (Phi) is 4.76. The van der Waals surface area contributed by atoms with Gasteiger partial charge in [-0.25, -0.2) is 4.39 Å². The summed E-state index contributed by atoms with van der Waals surface area (Å²) < 4.78 is 13.5. The predicted molar refractivity (Wildman–Crippen MR) is 77.9 cm³/mol. The number of amides is 1. The van der Waals surface area contributed by atoms with Gasteiger partial charge in [0.05, 0.1) is 6.42 Å². The molecule has 4 heteroatoms. The van der Waals surface area contributed by atoms with Crippen molar-refractivity contribution >= 4 is 5.91 Å². The number of nitrogens with one attached hydrogen (secondary N) is 2. The first-order valence-electron chi connectivity index (χ1n) is 7.22. The molecule has 1 aliphatic rings. The van der Waals surface area contributed by atoms with Gasteiger partial charge in [-0.15, -0.1) is 0 Å². The number of carbonyl (C=O) groups is 1. The van der Waals surface area contributed by atoms with Crippen molar-refractivity contribution in [1.29, 1.82) is 0 Å². The fraction of sp³-hybridized carbons (Fsp3) is 0.562. The van der Waals surface area contributed by atoms with Crippen molar-refractivity contribution in [1.82, 2.24) is 10.6 Å². The predicted octanol–water partition coefficient (Wildman–Crippen LogP) is 2.26. The molecule has 1 aromatic rings. The second-order valence-electron chi connectivity index (χ2n) is 6.17. The van der Waals surface area contributed by atoms with Gasteiger partial charge in [0.1, 0.15) is 5.82 Å². The van der Waals surface area contributed by atoms with E-state index < -0.39 is 0 Å². The summed E-state index contributed by atoms with van der Waals surface area (Å²) in [6.45, 7) is 6.03. The average molecular weight is 278 g/mol. The molecule has 0 aromatic heterocycles. The molecule has 1 atom stereocenters. The van der Waals surface area contributed by atoms with Gasteiger partial charge in [-0.05, 0) is 36.4 Å². The largest absolute Gasteiger partial charge is 0.354 e. The van der Waals surface area contributed by atoms with Gasteiger partial charge < -0.3 is 10.6 Å². The van der Waals surface area contributed by atoms with Crippen LogP contribution in [0, 0.1) is 11.2 Å². The molecule has 0 saturated carbocycles. The van der Waals surface area contributed by atoms with E-state index in [1.54, 1.807) is 18.2 Å². The van der Waals surface area contributed by atoms with Gasteiger partial charge in [0.2, 0.25) is 5.91 Å².